The molecule has 4 heteroatoms. The molecule has 0 bridgehead atoms. The predicted octanol–water partition coefficient (Wildman–Crippen LogP) is 4.49. The molecule has 27 heavy (non-hydrogen) atoms. The zero-order valence-corrected chi connectivity index (χ0v) is 16.1. The Labute approximate surface area is 160 Å². The van der Waals surface area contributed by atoms with Crippen molar-refractivity contribution in [3.63, 3.8) is 0 Å². The summed E-state index contributed by atoms with van der Waals surface area (Å²) in [4.78, 5) is 12.0. The topological polar surface area (TPSA) is 58.9 Å². The van der Waals surface area contributed by atoms with Crippen LogP contribution in [0.1, 0.15) is 58.3 Å². The van der Waals surface area contributed by atoms with Crippen molar-refractivity contribution in [1.29, 1.82) is 0 Å². The Balaban J connectivity index is 1.38. The largest absolute Gasteiger partial charge is 0.451 e. The van der Waals surface area contributed by atoms with Crippen LogP contribution in [0.2, 0.25) is 0 Å². The third-order valence-electron chi connectivity index (χ3n) is 9.54. The van der Waals surface area contributed by atoms with Crippen molar-refractivity contribution in [2.75, 3.05) is 0 Å². The number of nitrogens with zero attached hydrogens (tertiary/aromatic N) is 1. The van der Waals surface area contributed by atoms with Crippen molar-refractivity contribution in [2.45, 2.75) is 63.9 Å². The summed E-state index contributed by atoms with van der Waals surface area (Å²) >= 11 is 0. The Morgan fingerprint density at radius 2 is 2.11 bits per heavy atom. The van der Waals surface area contributed by atoms with E-state index < -0.39 is 0 Å². The van der Waals surface area contributed by atoms with Gasteiger partial charge in [-0.05, 0) is 99.0 Å². The number of carbonyl (C=O) groups is 1. The monoisotopic (exact) mass is 367 g/mol. The summed E-state index contributed by atoms with van der Waals surface area (Å²) in [6, 6.07) is 0. The first kappa shape index (κ1) is 16.4. The lowest BCUT2D eigenvalue weighted by Gasteiger charge is -2.56. The molecule has 0 amide bonds. The van der Waals surface area contributed by atoms with Gasteiger partial charge in [-0.2, -0.15) is 0 Å². The molecular weight excluding hydrogens is 338 g/mol. The van der Waals surface area contributed by atoms with Gasteiger partial charge >= 0.3 is 5.97 Å². The Morgan fingerprint density at radius 1 is 1.22 bits per heavy atom. The first-order valence-corrected chi connectivity index (χ1v) is 11.0. The molecule has 1 spiro atoms. The van der Waals surface area contributed by atoms with Gasteiger partial charge in [0.25, 0.3) is 0 Å². The molecule has 1 heterocycles. The van der Waals surface area contributed by atoms with Crippen molar-refractivity contribution in [2.24, 2.45) is 46.1 Å². The molecular formula is C23H29NO3. The van der Waals surface area contributed by atoms with Crippen LogP contribution in [0.3, 0.4) is 0 Å². The van der Waals surface area contributed by atoms with Gasteiger partial charge in [0.1, 0.15) is 5.60 Å². The molecule has 0 aromatic carbocycles. The second-order valence-corrected chi connectivity index (χ2v) is 9.97. The fraction of sp³-hybridized carbons (Fsp3) is 0.739. The first-order chi connectivity index (χ1) is 13.1. The highest BCUT2D eigenvalue weighted by molar-refractivity contribution is 5.96. The molecule has 4 saturated carbocycles. The Morgan fingerprint density at radius 3 is 2.85 bits per heavy atom. The van der Waals surface area contributed by atoms with Crippen LogP contribution in [-0.2, 0) is 9.53 Å². The van der Waals surface area contributed by atoms with Crippen molar-refractivity contribution < 1.29 is 14.7 Å². The summed E-state index contributed by atoms with van der Waals surface area (Å²) in [5.41, 5.74) is 2.31. The number of esters is 1. The molecule has 0 aromatic rings. The van der Waals surface area contributed by atoms with Crippen molar-refractivity contribution in [3.05, 3.63) is 23.8 Å². The van der Waals surface area contributed by atoms with E-state index in [2.05, 4.69) is 24.2 Å². The van der Waals surface area contributed by atoms with E-state index in [0.717, 1.165) is 55.1 Å². The second kappa shape index (κ2) is 5.27. The standard InChI is InChI=1S/C23H29NO3/c1-2-22-8-5-15-14-4-3-13(24-26)11-16(14)17-12-18(17)21(15)19(22)6-9-23(22)10-7-20(25)27-23/h7,10-11,14-15,17-19,21,26H,2-6,8-9,12H2,1H3/b24-13+/t14-,15?,17+,18+,19?,21?,22+,23-/m1/s1. The van der Waals surface area contributed by atoms with Gasteiger partial charge in [-0.15, -0.1) is 0 Å². The summed E-state index contributed by atoms with van der Waals surface area (Å²) in [5.74, 6) is 4.36. The summed E-state index contributed by atoms with van der Waals surface area (Å²) in [7, 11) is 0. The van der Waals surface area contributed by atoms with Gasteiger partial charge in [0.15, 0.2) is 0 Å². The van der Waals surface area contributed by atoms with Crippen LogP contribution >= 0.6 is 0 Å². The van der Waals surface area contributed by atoms with Gasteiger partial charge in [-0.3, -0.25) is 0 Å². The fourth-order valence-electron chi connectivity index (χ4n) is 8.54. The summed E-state index contributed by atoms with van der Waals surface area (Å²) in [6.07, 6.45) is 15.2. The molecule has 8 atom stereocenters. The fourth-order valence-corrected chi connectivity index (χ4v) is 8.54. The van der Waals surface area contributed by atoms with Gasteiger partial charge in [0, 0.05) is 11.5 Å². The number of hydrogen-bond donors (Lipinski definition) is 1. The number of hydrogen-bond acceptors (Lipinski definition) is 4. The van der Waals surface area contributed by atoms with E-state index in [1.165, 1.54) is 25.7 Å². The average molecular weight is 367 g/mol. The predicted molar refractivity (Wildman–Crippen MR) is 101 cm³/mol. The summed E-state index contributed by atoms with van der Waals surface area (Å²) in [6.45, 7) is 2.32. The molecule has 0 aromatic heterocycles. The number of carbonyl (C=O) groups excluding carboxylic acids is 1. The Kier molecular flexibility index (Phi) is 3.20. The van der Waals surface area contributed by atoms with Gasteiger partial charge in [-0.1, -0.05) is 17.7 Å². The summed E-state index contributed by atoms with van der Waals surface area (Å²) < 4.78 is 6.03. The highest BCUT2D eigenvalue weighted by Gasteiger charge is 2.70. The minimum atomic E-state index is -0.321. The number of oxime groups is 1. The molecule has 6 aliphatic rings. The molecule has 5 aliphatic carbocycles. The molecule has 1 aliphatic heterocycles. The van der Waals surface area contributed by atoms with Gasteiger partial charge in [-0.25, -0.2) is 4.79 Å². The molecule has 6 rings (SSSR count). The van der Waals surface area contributed by atoms with Gasteiger partial charge < -0.3 is 9.94 Å². The maximum absolute atomic E-state index is 12.0. The molecule has 4 nitrogen and oxygen atoms in total. The van der Waals surface area contributed by atoms with Gasteiger partial charge in [0.2, 0.25) is 0 Å². The normalized spacial score (nSPS) is 53.4. The maximum atomic E-state index is 12.0. The van der Waals surface area contributed by atoms with Crippen LogP contribution in [0.5, 0.6) is 0 Å². The highest BCUT2D eigenvalue weighted by atomic mass is 16.6. The second-order valence-electron chi connectivity index (χ2n) is 9.97. The quantitative estimate of drug-likeness (QED) is 0.422. The molecule has 0 saturated heterocycles. The van der Waals surface area contributed by atoms with E-state index in [9.17, 15) is 10.0 Å². The first-order valence-electron chi connectivity index (χ1n) is 11.0. The smallest absolute Gasteiger partial charge is 0.331 e. The lowest BCUT2D eigenvalue weighted by Crippen LogP contribution is -2.54. The van der Waals surface area contributed by atoms with E-state index in [1.807, 2.05) is 0 Å². The van der Waals surface area contributed by atoms with Crippen molar-refractivity contribution in [3.8, 4) is 0 Å². The number of rotatable bonds is 1. The van der Waals surface area contributed by atoms with E-state index >= 15 is 0 Å². The molecule has 3 unspecified atom stereocenters. The molecule has 144 valence electrons. The van der Waals surface area contributed by atoms with Crippen LogP contribution in [0.25, 0.3) is 0 Å². The Hall–Kier alpha value is -1.58. The van der Waals surface area contributed by atoms with Crippen LogP contribution in [0, 0.1) is 40.9 Å². The molecule has 0 radical (unpaired) electrons. The number of fused-ring (bicyclic) bond motifs is 9. The maximum Gasteiger partial charge on any atom is 0.331 e. The zero-order chi connectivity index (χ0) is 18.4. The van der Waals surface area contributed by atoms with Crippen LogP contribution < -0.4 is 0 Å². The number of allylic oxidation sites excluding steroid dienone is 2. The minimum absolute atomic E-state index is 0.133. The SMILES string of the molecule is CC[C@]12CCC3C(C1CC[C@@]21C=CC(=O)O1)[C@H]1C[C@H]1C1=C/C(=N/O)CC[C@@H]13. The molecule has 1 N–H and O–H groups in total. The van der Waals surface area contributed by atoms with Crippen LogP contribution in [0.4, 0.5) is 0 Å². The lowest BCUT2D eigenvalue weighted by atomic mass is 9.49. The highest BCUT2D eigenvalue weighted by Crippen LogP contribution is 2.73. The minimum Gasteiger partial charge on any atom is -0.451 e. The van der Waals surface area contributed by atoms with E-state index in [0.29, 0.717) is 11.8 Å². The van der Waals surface area contributed by atoms with E-state index in [-0.39, 0.29) is 17.0 Å². The number of ether oxygens (including phenoxy) is 1. The van der Waals surface area contributed by atoms with E-state index in [1.54, 1.807) is 11.6 Å². The van der Waals surface area contributed by atoms with Crippen molar-refractivity contribution in [1.82, 2.24) is 0 Å². The van der Waals surface area contributed by atoms with Crippen LogP contribution in [0.15, 0.2) is 29.0 Å². The summed E-state index contributed by atoms with van der Waals surface area (Å²) in [5, 5.41) is 12.7. The van der Waals surface area contributed by atoms with Crippen LogP contribution in [-0.4, -0.2) is 22.5 Å². The zero-order valence-electron chi connectivity index (χ0n) is 16.1. The Bertz CT molecular complexity index is 797. The third kappa shape index (κ3) is 1.90. The molecule has 4 fully saturated rings. The average Bonchev–Trinajstić information content (AvgIpc) is 3.32. The van der Waals surface area contributed by atoms with Gasteiger partial charge in [0.05, 0.1) is 5.71 Å². The van der Waals surface area contributed by atoms with E-state index in [4.69, 9.17) is 4.74 Å². The van der Waals surface area contributed by atoms with Crippen molar-refractivity contribution >= 4 is 11.7 Å². The third-order valence-corrected chi connectivity index (χ3v) is 9.54. The lowest BCUT2D eigenvalue weighted by molar-refractivity contribution is -0.165.